The highest BCUT2D eigenvalue weighted by Crippen LogP contribution is 2.25. The van der Waals surface area contributed by atoms with Crippen molar-refractivity contribution >= 4 is 16.1 Å². The van der Waals surface area contributed by atoms with Crippen molar-refractivity contribution in [1.29, 1.82) is 0 Å². The monoisotopic (exact) mass is 513 g/mol. The van der Waals surface area contributed by atoms with E-state index in [4.69, 9.17) is 4.74 Å². The van der Waals surface area contributed by atoms with E-state index in [1.54, 1.807) is 17.0 Å². The zero-order valence-electron chi connectivity index (χ0n) is 21.7. The number of sulfonamides is 1. The first kappa shape index (κ1) is 26.6. The average molecular weight is 514 g/mol. The van der Waals surface area contributed by atoms with Crippen LogP contribution in [-0.4, -0.2) is 62.1 Å². The van der Waals surface area contributed by atoms with Crippen molar-refractivity contribution < 1.29 is 17.9 Å². The zero-order chi connectivity index (χ0) is 25.8. The predicted molar refractivity (Wildman–Crippen MR) is 142 cm³/mol. The number of carbonyl (C=O) groups is 1. The summed E-state index contributed by atoms with van der Waals surface area (Å²) in [6.45, 7) is 9.35. The lowest BCUT2D eigenvalue weighted by molar-refractivity contribution is 0.0139. The smallest absolute Gasteiger partial charge is 0.410 e. The normalized spacial score (nSPS) is 18.2. The van der Waals surface area contributed by atoms with E-state index in [0.29, 0.717) is 18.0 Å². The molecule has 4 rings (SSSR count). The largest absolute Gasteiger partial charge is 0.444 e. The van der Waals surface area contributed by atoms with Crippen LogP contribution in [0.1, 0.15) is 58.4 Å². The topological polar surface area (TPSA) is 79.0 Å². The molecule has 2 aromatic carbocycles. The molecular weight excluding hydrogens is 474 g/mol. The Morgan fingerprint density at radius 3 is 2.25 bits per heavy atom. The van der Waals surface area contributed by atoms with Gasteiger partial charge in [0.25, 0.3) is 0 Å². The molecule has 0 aromatic heterocycles. The van der Waals surface area contributed by atoms with E-state index in [1.165, 1.54) is 12.0 Å². The zero-order valence-corrected chi connectivity index (χ0v) is 22.5. The molecule has 1 N–H and O–H groups in total. The first-order valence-corrected chi connectivity index (χ1v) is 14.5. The first-order valence-electron chi connectivity index (χ1n) is 13.0. The van der Waals surface area contributed by atoms with Crippen LogP contribution in [0.5, 0.6) is 0 Å². The number of benzene rings is 2. The van der Waals surface area contributed by atoms with Crippen LogP contribution < -0.4 is 4.72 Å². The number of piperazine rings is 1. The predicted octanol–water partition coefficient (Wildman–Crippen LogP) is 5.02. The maximum atomic E-state index is 12.8. The molecule has 0 unspecified atom stereocenters. The van der Waals surface area contributed by atoms with E-state index >= 15 is 0 Å². The van der Waals surface area contributed by atoms with Crippen LogP contribution in [0.3, 0.4) is 0 Å². The minimum Gasteiger partial charge on any atom is -0.444 e. The summed E-state index contributed by atoms with van der Waals surface area (Å²) in [5, 5.41) is 0. The van der Waals surface area contributed by atoms with Gasteiger partial charge < -0.3 is 9.64 Å². The number of amides is 1. The molecule has 1 aliphatic carbocycles. The van der Waals surface area contributed by atoms with Crippen LogP contribution in [0.25, 0.3) is 11.1 Å². The van der Waals surface area contributed by atoms with Crippen LogP contribution in [0.2, 0.25) is 0 Å². The lowest BCUT2D eigenvalue weighted by Gasteiger charge is -2.35. The van der Waals surface area contributed by atoms with Crippen molar-refractivity contribution in [2.24, 2.45) is 0 Å². The summed E-state index contributed by atoms with van der Waals surface area (Å²) in [6, 6.07) is 15.6. The van der Waals surface area contributed by atoms with E-state index in [2.05, 4.69) is 21.8 Å². The summed E-state index contributed by atoms with van der Waals surface area (Å²) in [4.78, 5) is 16.7. The number of nitrogens with one attached hydrogen (secondary N) is 1. The highest BCUT2D eigenvalue weighted by atomic mass is 32.2. The fourth-order valence-corrected chi connectivity index (χ4v) is 6.16. The van der Waals surface area contributed by atoms with Crippen molar-refractivity contribution in [1.82, 2.24) is 14.5 Å². The third kappa shape index (κ3) is 7.31. The van der Waals surface area contributed by atoms with Gasteiger partial charge in [-0.25, -0.2) is 17.9 Å². The van der Waals surface area contributed by atoms with Crippen LogP contribution in [0.15, 0.2) is 53.4 Å². The van der Waals surface area contributed by atoms with Crippen LogP contribution >= 0.6 is 0 Å². The Kier molecular flexibility index (Phi) is 8.37. The summed E-state index contributed by atoms with van der Waals surface area (Å²) in [5.41, 5.74) is 2.75. The highest BCUT2D eigenvalue weighted by Gasteiger charge is 2.26. The molecule has 0 atom stereocenters. The van der Waals surface area contributed by atoms with E-state index in [9.17, 15) is 13.2 Å². The van der Waals surface area contributed by atoms with E-state index in [0.717, 1.165) is 56.4 Å². The van der Waals surface area contributed by atoms with Gasteiger partial charge in [-0.1, -0.05) is 49.6 Å². The summed E-state index contributed by atoms with van der Waals surface area (Å²) >= 11 is 0. The van der Waals surface area contributed by atoms with Crippen molar-refractivity contribution in [3.05, 3.63) is 54.1 Å². The van der Waals surface area contributed by atoms with Gasteiger partial charge in [0.2, 0.25) is 10.0 Å². The fourth-order valence-electron chi connectivity index (χ4n) is 4.86. The molecule has 1 heterocycles. The van der Waals surface area contributed by atoms with Gasteiger partial charge in [0.15, 0.2) is 0 Å². The average Bonchev–Trinajstić information content (AvgIpc) is 2.84. The molecule has 196 valence electrons. The summed E-state index contributed by atoms with van der Waals surface area (Å²) in [6.07, 6.45) is 4.95. The summed E-state index contributed by atoms with van der Waals surface area (Å²) in [7, 11) is -3.50. The second kappa shape index (κ2) is 11.3. The maximum absolute atomic E-state index is 12.8. The Balaban J connectivity index is 1.34. The van der Waals surface area contributed by atoms with Gasteiger partial charge in [-0.15, -0.1) is 0 Å². The molecule has 0 radical (unpaired) electrons. The van der Waals surface area contributed by atoms with Crippen LogP contribution in [0.4, 0.5) is 4.79 Å². The van der Waals surface area contributed by atoms with Gasteiger partial charge in [0.05, 0.1) is 4.90 Å². The van der Waals surface area contributed by atoms with Crippen molar-refractivity contribution in [2.75, 3.05) is 26.2 Å². The molecule has 1 aliphatic heterocycles. The quantitative estimate of drug-likeness (QED) is 0.587. The Bertz CT molecular complexity index is 1130. The molecule has 8 heteroatoms. The first-order chi connectivity index (χ1) is 17.1. The summed E-state index contributed by atoms with van der Waals surface area (Å²) in [5.74, 6) is 0. The SMILES string of the molecule is CC(C)(C)OC(=O)N1CCN(Cc2cccc(-c3ccc(S(=O)(=O)NC4CCCCC4)cc3)c2)CC1. The number of hydrogen-bond donors (Lipinski definition) is 1. The molecule has 7 nitrogen and oxygen atoms in total. The number of ether oxygens (including phenoxy) is 1. The van der Waals surface area contributed by atoms with Crippen LogP contribution in [0, 0.1) is 0 Å². The Morgan fingerprint density at radius 1 is 0.944 bits per heavy atom. The highest BCUT2D eigenvalue weighted by molar-refractivity contribution is 7.89. The number of rotatable bonds is 6. The van der Waals surface area contributed by atoms with Crippen molar-refractivity contribution in [3.8, 4) is 11.1 Å². The molecule has 0 bridgehead atoms. The molecule has 1 saturated carbocycles. The Hall–Kier alpha value is -2.42. The lowest BCUT2D eigenvalue weighted by atomic mass is 9.96. The second-order valence-corrected chi connectivity index (χ2v) is 12.6. The van der Waals surface area contributed by atoms with Crippen molar-refractivity contribution in [2.45, 2.75) is 76.0 Å². The van der Waals surface area contributed by atoms with E-state index in [1.807, 2.05) is 45.0 Å². The molecule has 2 aromatic rings. The Labute approximate surface area is 215 Å². The van der Waals surface area contributed by atoms with Gasteiger partial charge in [0, 0.05) is 38.8 Å². The minimum atomic E-state index is -3.50. The van der Waals surface area contributed by atoms with E-state index in [-0.39, 0.29) is 12.1 Å². The third-order valence-corrected chi connectivity index (χ3v) is 8.32. The number of hydrogen-bond acceptors (Lipinski definition) is 5. The fraction of sp³-hybridized carbons (Fsp3) is 0.536. The maximum Gasteiger partial charge on any atom is 0.410 e. The number of carbonyl (C=O) groups excluding carboxylic acids is 1. The van der Waals surface area contributed by atoms with E-state index < -0.39 is 15.6 Å². The van der Waals surface area contributed by atoms with Gasteiger partial charge >= 0.3 is 6.09 Å². The summed E-state index contributed by atoms with van der Waals surface area (Å²) < 4.78 is 34.0. The van der Waals surface area contributed by atoms with Gasteiger partial charge in [-0.3, -0.25) is 4.90 Å². The van der Waals surface area contributed by atoms with Gasteiger partial charge in [-0.2, -0.15) is 0 Å². The van der Waals surface area contributed by atoms with Gasteiger partial charge in [-0.05, 0) is 68.5 Å². The molecule has 2 fully saturated rings. The number of nitrogens with zero attached hydrogens (tertiary/aromatic N) is 2. The molecular formula is C28H39N3O4S. The molecule has 2 aliphatic rings. The third-order valence-electron chi connectivity index (χ3n) is 6.78. The Morgan fingerprint density at radius 2 is 1.61 bits per heavy atom. The molecule has 1 amide bonds. The standard InChI is InChI=1S/C28H39N3O4S/c1-28(2,3)35-27(32)31-18-16-30(17-19-31)21-22-8-7-9-24(20-22)23-12-14-26(15-13-23)36(33,34)29-25-10-5-4-6-11-25/h7-9,12-15,20,25,29H,4-6,10-11,16-19,21H2,1-3H3. The molecule has 0 spiro atoms. The second-order valence-electron chi connectivity index (χ2n) is 10.9. The van der Waals surface area contributed by atoms with Crippen LogP contribution in [-0.2, 0) is 21.3 Å². The molecule has 1 saturated heterocycles. The molecule has 36 heavy (non-hydrogen) atoms. The van der Waals surface area contributed by atoms with Crippen molar-refractivity contribution in [3.63, 3.8) is 0 Å². The minimum absolute atomic E-state index is 0.0473. The lowest BCUT2D eigenvalue weighted by Crippen LogP contribution is -2.49. The van der Waals surface area contributed by atoms with Gasteiger partial charge in [0.1, 0.15) is 5.60 Å².